The predicted molar refractivity (Wildman–Crippen MR) is 101 cm³/mol. The number of nitrogens with one attached hydrogen (secondary N) is 2. The second kappa shape index (κ2) is 7.73. The number of H-pyrrole nitrogens is 1. The van der Waals surface area contributed by atoms with E-state index in [1.165, 1.54) is 0 Å². The van der Waals surface area contributed by atoms with Crippen molar-refractivity contribution in [3.63, 3.8) is 0 Å². The third-order valence-electron chi connectivity index (χ3n) is 3.76. The number of thioether (sulfide) groups is 1. The lowest BCUT2D eigenvalue weighted by Gasteiger charge is -2.16. The molecule has 0 aliphatic carbocycles. The Balaban J connectivity index is 1.83. The summed E-state index contributed by atoms with van der Waals surface area (Å²) in [5.41, 5.74) is 2.47. The number of hydrogen-bond donors (Lipinski definition) is 2. The van der Waals surface area contributed by atoms with Crippen LogP contribution in [0.5, 0.6) is 0 Å². The minimum absolute atomic E-state index is 0.127. The molecule has 6 heteroatoms. The summed E-state index contributed by atoms with van der Waals surface area (Å²) in [5.74, 6) is 1.59. The first kappa shape index (κ1) is 16.9. The van der Waals surface area contributed by atoms with E-state index in [0.29, 0.717) is 10.6 Å². The van der Waals surface area contributed by atoms with E-state index in [1.807, 2.05) is 24.3 Å². The molecule has 0 saturated carbocycles. The molecular weight excluding hydrogens is 342 g/mol. The third-order valence-corrected chi connectivity index (χ3v) is 4.66. The van der Waals surface area contributed by atoms with Crippen LogP contribution < -0.4 is 5.32 Å². The van der Waals surface area contributed by atoms with Crippen LogP contribution >= 0.6 is 23.4 Å². The van der Waals surface area contributed by atoms with E-state index in [9.17, 15) is 4.79 Å². The molecule has 2 aromatic carbocycles. The van der Waals surface area contributed by atoms with Crippen molar-refractivity contribution in [2.75, 3.05) is 12.0 Å². The van der Waals surface area contributed by atoms with Gasteiger partial charge in [0.1, 0.15) is 5.82 Å². The van der Waals surface area contributed by atoms with Crippen LogP contribution in [0, 0.1) is 0 Å². The quantitative estimate of drug-likeness (QED) is 0.684. The molecule has 1 heterocycles. The lowest BCUT2D eigenvalue weighted by atomic mass is 10.1. The molecule has 3 aromatic rings. The monoisotopic (exact) mass is 359 g/mol. The van der Waals surface area contributed by atoms with Gasteiger partial charge in [-0.25, -0.2) is 4.98 Å². The number of carbonyl (C=O) groups is 1. The van der Waals surface area contributed by atoms with Crippen LogP contribution in [0.1, 0.15) is 28.6 Å². The van der Waals surface area contributed by atoms with Crippen LogP contribution in [0.3, 0.4) is 0 Å². The van der Waals surface area contributed by atoms with Gasteiger partial charge in [-0.05, 0) is 54.8 Å². The molecule has 2 N–H and O–H groups in total. The molecule has 0 aliphatic heterocycles. The molecule has 0 fully saturated rings. The van der Waals surface area contributed by atoms with Crippen LogP contribution in [0.4, 0.5) is 0 Å². The van der Waals surface area contributed by atoms with Gasteiger partial charge in [-0.1, -0.05) is 23.7 Å². The Kier molecular flexibility index (Phi) is 5.43. The number of nitrogens with zero attached hydrogens (tertiary/aromatic N) is 1. The molecule has 124 valence electrons. The van der Waals surface area contributed by atoms with Gasteiger partial charge in [0.15, 0.2) is 0 Å². The van der Waals surface area contributed by atoms with Crippen molar-refractivity contribution in [2.24, 2.45) is 0 Å². The number of amides is 1. The van der Waals surface area contributed by atoms with Gasteiger partial charge in [-0.2, -0.15) is 11.8 Å². The standard InChI is InChI=1S/C18H18ClN3OS/c1-24-11-10-16(17-20-14-4-2-3-5-15(14)21-17)22-18(23)12-6-8-13(19)9-7-12/h2-9,16H,10-11H2,1H3,(H,20,21)(H,22,23)/t16-/m0/s1. The largest absolute Gasteiger partial charge is 0.342 e. The van der Waals surface area contributed by atoms with Crippen molar-refractivity contribution < 1.29 is 4.79 Å². The van der Waals surface area contributed by atoms with E-state index < -0.39 is 0 Å². The summed E-state index contributed by atoms with van der Waals surface area (Å²) >= 11 is 7.63. The summed E-state index contributed by atoms with van der Waals surface area (Å²) in [5, 5.41) is 3.69. The summed E-state index contributed by atoms with van der Waals surface area (Å²) in [7, 11) is 0. The Labute approximate surface area is 150 Å². The van der Waals surface area contributed by atoms with E-state index in [1.54, 1.807) is 36.0 Å². The highest BCUT2D eigenvalue weighted by atomic mass is 35.5. The zero-order chi connectivity index (χ0) is 16.9. The first-order chi connectivity index (χ1) is 11.7. The topological polar surface area (TPSA) is 57.8 Å². The van der Waals surface area contributed by atoms with E-state index in [2.05, 4.69) is 21.5 Å². The average Bonchev–Trinajstić information content (AvgIpc) is 3.03. The first-order valence-corrected chi connectivity index (χ1v) is 9.44. The second-order valence-electron chi connectivity index (χ2n) is 5.45. The fourth-order valence-corrected chi connectivity index (χ4v) is 3.09. The molecule has 1 amide bonds. The lowest BCUT2D eigenvalue weighted by Crippen LogP contribution is -2.29. The van der Waals surface area contributed by atoms with Gasteiger partial charge < -0.3 is 10.3 Å². The second-order valence-corrected chi connectivity index (χ2v) is 6.88. The maximum atomic E-state index is 12.5. The van der Waals surface area contributed by atoms with Crippen LogP contribution in [0.2, 0.25) is 5.02 Å². The fourth-order valence-electron chi connectivity index (χ4n) is 2.49. The Hall–Kier alpha value is -1.98. The van der Waals surface area contributed by atoms with Crippen molar-refractivity contribution in [3.05, 3.63) is 64.9 Å². The zero-order valence-corrected chi connectivity index (χ0v) is 14.8. The SMILES string of the molecule is CSCC[C@H](NC(=O)c1ccc(Cl)cc1)c1nc2ccccc2[nH]1. The van der Waals surface area contributed by atoms with Gasteiger partial charge in [0.25, 0.3) is 5.91 Å². The van der Waals surface area contributed by atoms with Crippen LogP contribution in [-0.2, 0) is 0 Å². The van der Waals surface area contributed by atoms with Crippen LogP contribution in [0.25, 0.3) is 11.0 Å². The van der Waals surface area contributed by atoms with Gasteiger partial charge in [0.05, 0.1) is 17.1 Å². The van der Waals surface area contributed by atoms with Crippen molar-refractivity contribution >= 4 is 40.3 Å². The highest BCUT2D eigenvalue weighted by Crippen LogP contribution is 2.21. The van der Waals surface area contributed by atoms with Crippen molar-refractivity contribution in [1.82, 2.24) is 15.3 Å². The molecular formula is C18H18ClN3OS. The van der Waals surface area contributed by atoms with Gasteiger partial charge >= 0.3 is 0 Å². The summed E-state index contributed by atoms with van der Waals surface area (Å²) < 4.78 is 0. The molecule has 0 aliphatic rings. The molecule has 0 unspecified atom stereocenters. The summed E-state index contributed by atoms with van der Waals surface area (Å²) in [6.45, 7) is 0. The lowest BCUT2D eigenvalue weighted by molar-refractivity contribution is 0.0934. The van der Waals surface area contributed by atoms with Gasteiger partial charge in [0.2, 0.25) is 0 Å². The number of halogens is 1. The molecule has 3 rings (SSSR count). The van der Waals surface area contributed by atoms with E-state index in [-0.39, 0.29) is 11.9 Å². The molecule has 1 atom stereocenters. The Morgan fingerprint density at radius 2 is 2.00 bits per heavy atom. The van der Waals surface area contributed by atoms with Crippen LogP contribution in [0.15, 0.2) is 48.5 Å². The minimum atomic E-state index is -0.159. The number of aromatic nitrogens is 2. The zero-order valence-electron chi connectivity index (χ0n) is 13.3. The van der Waals surface area contributed by atoms with Crippen molar-refractivity contribution in [3.8, 4) is 0 Å². The maximum absolute atomic E-state index is 12.5. The van der Waals surface area contributed by atoms with E-state index >= 15 is 0 Å². The molecule has 4 nitrogen and oxygen atoms in total. The normalized spacial score (nSPS) is 12.2. The molecule has 1 aromatic heterocycles. The molecule has 0 spiro atoms. The Morgan fingerprint density at radius 3 is 2.71 bits per heavy atom. The molecule has 0 bridgehead atoms. The predicted octanol–water partition coefficient (Wildman–Crippen LogP) is 4.44. The number of para-hydroxylation sites is 2. The van der Waals surface area contributed by atoms with Gasteiger partial charge in [0, 0.05) is 10.6 Å². The number of aromatic amines is 1. The number of hydrogen-bond acceptors (Lipinski definition) is 3. The van der Waals surface area contributed by atoms with Gasteiger partial charge in [-0.3, -0.25) is 4.79 Å². The Bertz CT molecular complexity index is 799. The van der Waals surface area contributed by atoms with E-state index in [4.69, 9.17) is 11.6 Å². The fraction of sp³-hybridized carbons (Fsp3) is 0.222. The summed E-state index contributed by atoms with van der Waals surface area (Å²) in [4.78, 5) is 20.5. The van der Waals surface area contributed by atoms with Gasteiger partial charge in [-0.15, -0.1) is 0 Å². The maximum Gasteiger partial charge on any atom is 0.251 e. The highest BCUT2D eigenvalue weighted by molar-refractivity contribution is 7.98. The Morgan fingerprint density at radius 1 is 1.25 bits per heavy atom. The highest BCUT2D eigenvalue weighted by Gasteiger charge is 2.19. The molecule has 0 saturated heterocycles. The van der Waals surface area contributed by atoms with Crippen molar-refractivity contribution in [1.29, 1.82) is 0 Å². The first-order valence-electron chi connectivity index (χ1n) is 7.67. The average molecular weight is 360 g/mol. The van der Waals surface area contributed by atoms with E-state index in [0.717, 1.165) is 29.0 Å². The number of carbonyl (C=O) groups excluding carboxylic acids is 1. The number of fused-ring (bicyclic) bond motifs is 1. The molecule has 24 heavy (non-hydrogen) atoms. The van der Waals surface area contributed by atoms with Crippen molar-refractivity contribution in [2.45, 2.75) is 12.5 Å². The van der Waals surface area contributed by atoms with Crippen LogP contribution in [-0.4, -0.2) is 27.9 Å². The number of rotatable bonds is 6. The smallest absolute Gasteiger partial charge is 0.251 e. The number of benzene rings is 2. The third kappa shape index (κ3) is 3.91. The number of imidazole rings is 1. The summed E-state index contributed by atoms with van der Waals surface area (Å²) in [6, 6.07) is 14.6. The molecule has 0 radical (unpaired) electrons. The summed E-state index contributed by atoms with van der Waals surface area (Å²) in [6.07, 6.45) is 2.86. The minimum Gasteiger partial charge on any atom is -0.342 e.